The summed E-state index contributed by atoms with van der Waals surface area (Å²) < 4.78 is 1.23. The van der Waals surface area contributed by atoms with E-state index in [4.69, 9.17) is 5.73 Å². The first-order valence-corrected chi connectivity index (χ1v) is 6.32. The Kier molecular flexibility index (Phi) is 3.61. The number of halogens is 1. The van der Waals surface area contributed by atoms with Crippen molar-refractivity contribution in [2.75, 3.05) is 0 Å². The lowest BCUT2D eigenvalue weighted by molar-refractivity contribution is 0.870. The molecule has 0 saturated carbocycles. The molecule has 0 bridgehead atoms. The average molecular weight is 323 g/mol. The van der Waals surface area contributed by atoms with E-state index in [1.165, 1.54) is 9.13 Å². The Morgan fingerprint density at radius 1 is 0.875 bits per heavy atom. The summed E-state index contributed by atoms with van der Waals surface area (Å²) in [6, 6.07) is 16.7. The fourth-order valence-electron chi connectivity index (χ4n) is 1.64. The molecule has 2 aromatic carbocycles. The van der Waals surface area contributed by atoms with E-state index in [2.05, 4.69) is 78.0 Å². The zero-order chi connectivity index (χ0) is 11.5. The van der Waals surface area contributed by atoms with Crippen LogP contribution in [0, 0.1) is 10.5 Å². The van der Waals surface area contributed by atoms with Crippen LogP contribution in [0.4, 0.5) is 0 Å². The van der Waals surface area contributed by atoms with Gasteiger partial charge in [-0.3, -0.25) is 0 Å². The summed E-state index contributed by atoms with van der Waals surface area (Å²) in [4.78, 5) is 0. The molecule has 0 fully saturated rings. The Morgan fingerprint density at radius 2 is 1.31 bits per heavy atom. The fourth-order valence-corrected chi connectivity index (χ4v) is 2.00. The zero-order valence-electron chi connectivity index (χ0n) is 9.15. The Hall–Kier alpha value is -0.870. The van der Waals surface area contributed by atoms with Crippen molar-refractivity contribution in [1.29, 1.82) is 0 Å². The molecule has 1 unspecified atom stereocenters. The molecule has 1 atom stereocenters. The second-order valence-corrected chi connectivity index (χ2v) is 5.19. The minimum absolute atomic E-state index is 0.0300. The first-order chi connectivity index (χ1) is 7.66. The van der Waals surface area contributed by atoms with Crippen LogP contribution in [0.15, 0.2) is 48.5 Å². The van der Waals surface area contributed by atoms with Crippen molar-refractivity contribution >= 4 is 22.6 Å². The smallest absolute Gasteiger partial charge is 0.0551 e. The van der Waals surface area contributed by atoms with Crippen LogP contribution in [0.1, 0.15) is 22.7 Å². The van der Waals surface area contributed by atoms with Crippen LogP contribution >= 0.6 is 22.6 Å². The number of rotatable bonds is 2. The van der Waals surface area contributed by atoms with Crippen LogP contribution in [-0.4, -0.2) is 0 Å². The van der Waals surface area contributed by atoms with Crippen molar-refractivity contribution < 1.29 is 0 Å². The lowest BCUT2D eigenvalue weighted by Gasteiger charge is -2.12. The minimum atomic E-state index is -0.0300. The van der Waals surface area contributed by atoms with Crippen molar-refractivity contribution in [1.82, 2.24) is 0 Å². The third-order valence-corrected chi connectivity index (χ3v) is 3.38. The van der Waals surface area contributed by atoms with E-state index in [-0.39, 0.29) is 6.04 Å². The zero-order valence-corrected chi connectivity index (χ0v) is 11.3. The van der Waals surface area contributed by atoms with Crippen LogP contribution in [0.2, 0.25) is 0 Å². The number of hydrogen-bond acceptors (Lipinski definition) is 1. The molecule has 2 aromatic rings. The minimum Gasteiger partial charge on any atom is -0.320 e. The highest BCUT2D eigenvalue weighted by Gasteiger charge is 2.07. The highest BCUT2D eigenvalue weighted by atomic mass is 127. The van der Waals surface area contributed by atoms with Gasteiger partial charge in [0.2, 0.25) is 0 Å². The molecule has 0 radical (unpaired) electrons. The summed E-state index contributed by atoms with van der Waals surface area (Å²) in [7, 11) is 0. The lowest BCUT2D eigenvalue weighted by Crippen LogP contribution is -2.11. The molecule has 0 heterocycles. The number of hydrogen-bond donors (Lipinski definition) is 1. The molecule has 0 amide bonds. The van der Waals surface area contributed by atoms with Gasteiger partial charge in [0, 0.05) is 3.57 Å². The van der Waals surface area contributed by atoms with E-state index in [1.807, 2.05) is 0 Å². The molecule has 0 spiro atoms. The maximum Gasteiger partial charge on any atom is 0.0551 e. The van der Waals surface area contributed by atoms with Gasteiger partial charge in [-0.2, -0.15) is 0 Å². The van der Waals surface area contributed by atoms with E-state index < -0.39 is 0 Å². The summed E-state index contributed by atoms with van der Waals surface area (Å²) in [5, 5.41) is 0. The van der Waals surface area contributed by atoms with Gasteiger partial charge in [0.05, 0.1) is 6.04 Å². The van der Waals surface area contributed by atoms with Crippen LogP contribution in [0.25, 0.3) is 0 Å². The summed E-state index contributed by atoms with van der Waals surface area (Å²) in [6.45, 7) is 2.08. The van der Waals surface area contributed by atoms with Crippen molar-refractivity contribution in [3.63, 3.8) is 0 Å². The van der Waals surface area contributed by atoms with Gasteiger partial charge < -0.3 is 5.73 Å². The first-order valence-electron chi connectivity index (χ1n) is 5.24. The molecular formula is C14H14IN. The fraction of sp³-hybridized carbons (Fsp3) is 0.143. The van der Waals surface area contributed by atoms with E-state index in [1.54, 1.807) is 0 Å². The standard InChI is InChI=1S/C14H14IN/c1-10-2-4-11(5-3-10)14(16)12-6-8-13(15)9-7-12/h2-9,14H,16H2,1H3. The van der Waals surface area contributed by atoms with E-state index in [0.29, 0.717) is 0 Å². The van der Waals surface area contributed by atoms with E-state index in [0.717, 1.165) is 11.1 Å². The second-order valence-electron chi connectivity index (χ2n) is 3.94. The lowest BCUT2D eigenvalue weighted by atomic mass is 9.99. The van der Waals surface area contributed by atoms with Crippen molar-refractivity contribution in [2.24, 2.45) is 5.73 Å². The molecule has 1 nitrogen and oxygen atoms in total. The molecule has 0 aliphatic carbocycles. The van der Waals surface area contributed by atoms with Crippen LogP contribution in [0.3, 0.4) is 0 Å². The second kappa shape index (κ2) is 4.97. The van der Waals surface area contributed by atoms with Gasteiger partial charge in [-0.1, -0.05) is 42.0 Å². The number of nitrogens with two attached hydrogens (primary N) is 1. The van der Waals surface area contributed by atoms with Crippen LogP contribution in [0.5, 0.6) is 0 Å². The van der Waals surface area contributed by atoms with Crippen molar-refractivity contribution in [2.45, 2.75) is 13.0 Å². The largest absolute Gasteiger partial charge is 0.320 e. The highest BCUT2D eigenvalue weighted by Crippen LogP contribution is 2.20. The predicted molar refractivity (Wildman–Crippen MR) is 76.4 cm³/mol. The molecule has 0 aliphatic rings. The number of benzene rings is 2. The van der Waals surface area contributed by atoms with Gasteiger partial charge >= 0.3 is 0 Å². The summed E-state index contributed by atoms with van der Waals surface area (Å²) in [5.74, 6) is 0. The summed E-state index contributed by atoms with van der Waals surface area (Å²) in [6.07, 6.45) is 0. The molecule has 0 aromatic heterocycles. The molecule has 2 rings (SSSR count). The Bertz CT molecular complexity index is 414. The average Bonchev–Trinajstić information content (AvgIpc) is 2.30. The molecule has 82 valence electrons. The summed E-state index contributed by atoms with van der Waals surface area (Å²) in [5.41, 5.74) is 9.79. The molecule has 0 aliphatic heterocycles. The Balaban J connectivity index is 2.28. The quantitative estimate of drug-likeness (QED) is 0.839. The first kappa shape index (κ1) is 11.6. The van der Waals surface area contributed by atoms with Gasteiger partial charge in [0.1, 0.15) is 0 Å². The maximum absolute atomic E-state index is 6.21. The van der Waals surface area contributed by atoms with Crippen LogP contribution < -0.4 is 5.73 Å². The molecular weight excluding hydrogens is 309 g/mol. The van der Waals surface area contributed by atoms with Crippen molar-refractivity contribution in [3.05, 3.63) is 68.8 Å². The molecule has 16 heavy (non-hydrogen) atoms. The highest BCUT2D eigenvalue weighted by molar-refractivity contribution is 14.1. The third-order valence-electron chi connectivity index (χ3n) is 2.67. The molecule has 0 saturated heterocycles. The Morgan fingerprint density at radius 3 is 1.81 bits per heavy atom. The van der Waals surface area contributed by atoms with Gasteiger partial charge in [-0.05, 0) is 52.8 Å². The molecule has 2 N–H and O–H groups in total. The SMILES string of the molecule is Cc1ccc(C(N)c2ccc(I)cc2)cc1. The van der Waals surface area contributed by atoms with Gasteiger partial charge in [-0.25, -0.2) is 0 Å². The van der Waals surface area contributed by atoms with Gasteiger partial charge in [-0.15, -0.1) is 0 Å². The summed E-state index contributed by atoms with van der Waals surface area (Å²) >= 11 is 2.30. The number of aryl methyl sites for hydroxylation is 1. The predicted octanol–water partition coefficient (Wildman–Crippen LogP) is 3.65. The topological polar surface area (TPSA) is 26.0 Å². The van der Waals surface area contributed by atoms with Gasteiger partial charge in [0.25, 0.3) is 0 Å². The van der Waals surface area contributed by atoms with E-state index >= 15 is 0 Å². The monoisotopic (exact) mass is 323 g/mol. The Labute approximate surface area is 110 Å². The van der Waals surface area contributed by atoms with E-state index in [9.17, 15) is 0 Å². The van der Waals surface area contributed by atoms with Gasteiger partial charge in [0.15, 0.2) is 0 Å². The normalized spacial score (nSPS) is 12.4. The maximum atomic E-state index is 6.21. The van der Waals surface area contributed by atoms with Crippen LogP contribution in [-0.2, 0) is 0 Å². The van der Waals surface area contributed by atoms with Crippen molar-refractivity contribution in [3.8, 4) is 0 Å². The third kappa shape index (κ3) is 2.62. The molecule has 2 heteroatoms.